The van der Waals surface area contributed by atoms with Crippen LogP contribution in [0, 0.1) is 0 Å². The van der Waals surface area contributed by atoms with Gasteiger partial charge in [-0.1, -0.05) is 23.2 Å². The molecule has 130 valence electrons. The molecule has 0 radical (unpaired) electrons. The van der Waals surface area contributed by atoms with E-state index in [0.29, 0.717) is 17.2 Å². The fourth-order valence-electron chi connectivity index (χ4n) is 2.51. The monoisotopic (exact) mass is 363 g/mol. The quantitative estimate of drug-likeness (QED) is 0.691. The lowest BCUT2D eigenvalue weighted by atomic mass is 10.0. The molecule has 0 aliphatic heterocycles. The zero-order valence-electron chi connectivity index (χ0n) is 14.2. The molecule has 0 saturated heterocycles. The van der Waals surface area contributed by atoms with Crippen molar-refractivity contribution < 1.29 is 19.0 Å². The number of hydrogen-bond acceptors (Lipinski definition) is 4. The molecule has 0 saturated carbocycles. The summed E-state index contributed by atoms with van der Waals surface area (Å²) in [5, 5.41) is 0. The number of carbonyl (C=O) groups excluding carboxylic acids is 1. The van der Waals surface area contributed by atoms with Crippen molar-refractivity contribution in [1.29, 1.82) is 0 Å². The van der Waals surface area contributed by atoms with E-state index in [2.05, 4.69) is 0 Å². The molecule has 0 aliphatic rings. The number of ether oxygens (including phenoxy) is 3. The van der Waals surface area contributed by atoms with Crippen molar-refractivity contribution in [3.8, 4) is 17.2 Å². The largest absolute Gasteiger partial charge is 0.493 e. The number of hydrogen-bond donors (Lipinski definition) is 0. The summed E-state index contributed by atoms with van der Waals surface area (Å²) in [4.78, 5) is 12.8. The summed E-state index contributed by atoms with van der Waals surface area (Å²) in [5.74, 6) is 1.21. The van der Waals surface area contributed by atoms with Crippen molar-refractivity contribution in [2.75, 3.05) is 21.3 Å². The molecular weight excluding hydrogens is 341 g/mol. The van der Waals surface area contributed by atoms with Gasteiger partial charge in [0.15, 0.2) is 16.3 Å². The molecule has 1 unspecified atom stereocenters. The van der Waals surface area contributed by atoms with Crippen LogP contribution in [0.1, 0.15) is 32.4 Å². The predicted octanol–water partition coefficient (Wildman–Crippen LogP) is 3.81. The second-order valence-electron chi connectivity index (χ2n) is 5.27. The third kappa shape index (κ3) is 4.36. The zero-order chi connectivity index (χ0) is 17.7. The van der Waals surface area contributed by atoms with Crippen molar-refractivity contribution in [2.45, 2.75) is 37.7 Å². The Labute approximate surface area is 147 Å². The first-order valence-electron chi connectivity index (χ1n) is 7.18. The number of methoxy groups -OCH3 is 3. The van der Waals surface area contributed by atoms with Crippen LogP contribution in [0.4, 0.5) is 0 Å². The minimum Gasteiger partial charge on any atom is -0.493 e. The predicted molar refractivity (Wildman–Crippen MR) is 92.0 cm³/mol. The average Bonchev–Trinajstić information content (AvgIpc) is 2.52. The Hall–Kier alpha value is -1.33. The third-order valence-electron chi connectivity index (χ3n) is 3.58. The van der Waals surface area contributed by atoms with Crippen LogP contribution in [0.3, 0.4) is 0 Å². The lowest BCUT2D eigenvalue weighted by Crippen LogP contribution is -2.41. The van der Waals surface area contributed by atoms with E-state index in [9.17, 15) is 4.79 Å². The van der Waals surface area contributed by atoms with Crippen molar-refractivity contribution >= 4 is 29.1 Å². The van der Waals surface area contributed by atoms with Crippen molar-refractivity contribution in [3.05, 3.63) is 17.7 Å². The van der Waals surface area contributed by atoms with E-state index in [1.807, 2.05) is 32.9 Å². The first-order valence-corrected chi connectivity index (χ1v) is 8.05. The summed E-state index contributed by atoms with van der Waals surface area (Å²) >= 11 is 11.5. The summed E-state index contributed by atoms with van der Waals surface area (Å²) in [6.07, 6.45) is 0. The maximum Gasteiger partial charge on any atom is 0.256 e. The van der Waals surface area contributed by atoms with E-state index >= 15 is 0 Å². The molecule has 1 aromatic carbocycles. The lowest BCUT2D eigenvalue weighted by Gasteiger charge is -2.34. The maximum atomic E-state index is 12.3. The Morgan fingerprint density at radius 3 is 1.78 bits per heavy atom. The van der Waals surface area contributed by atoms with Crippen LogP contribution in [0.2, 0.25) is 0 Å². The highest BCUT2D eigenvalue weighted by atomic mass is 35.5. The zero-order valence-corrected chi connectivity index (χ0v) is 15.7. The Bertz CT molecular complexity index is 524. The number of halogens is 2. The Balaban J connectivity index is 3.34. The highest BCUT2D eigenvalue weighted by Crippen LogP contribution is 2.41. The molecule has 1 amide bonds. The van der Waals surface area contributed by atoms with Gasteiger partial charge in [-0.3, -0.25) is 4.79 Å². The summed E-state index contributed by atoms with van der Waals surface area (Å²) < 4.78 is 16.0. The molecule has 1 rings (SSSR count). The van der Waals surface area contributed by atoms with E-state index in [-0.39, 0.29) is 18.0 Å². The fourth-order valence-corrected chi connectivity index (χ4v) is 2.73. The maximum absolute atomic E-state index is 12.3. The molecule has 0 aromatic heterocycles. The van der Waals surface area contributed by atoms with Crippen LogP contribution in [0.15, 0.2) is 12.1 Å². The van der Waals surface area contributed by atoms with Gasteiger partial charge in [-0.2, -0.15) is 0 Å². The van der Waals surface area contributed by atoms with Crippen LogP contribution >= 0.6 is 23.2 Å². The standard InChI is InChI=1S/C16H23Cl2NO4/c1-9(2)19(16(20)15(17)18)10(3)11-7-12(21-4)14(23-6)13(8-11)22-5/h7-10,15H,1-6H3. The van der Waals surface area contributed by atoms with Crippen LogP contribution in [0.25, 0.3) is 0 Å². The Kier molecular flexibility index (Phi) is 7.29. The van der Waals surface area contributed by atoms with Gasteiger partial charge in [-0.05, 0) is 38.5 Å². The van der Waals surface area contributed by atoms with Crippen LogP contribution in [-0.2, 0) is 4.79 Å². The van der Waals surface area contributed by atoms with Gasteiger partial charge in [0.2, 0.25) is 5.75 Å². The van der Waals surface area contributed by atoms with E-state index < -0.39 is 4.84 Å². The third-order valence-corrected chi connectivity index (χ3v) is 3.96. The second kappa shape index (κ2) is 8.50. The molecule has 0 heterocycles. The second-order valence-corrected chi connectivity index (χ2v) is 6.37. The van der Waals surface area contributed by atoms with Crippen molar-refractivity contribution in [2.24, 2.45) is 0 Å². The highest BCUT2D eigenvalue weighted by Gasteiger charge is 2.29. The van der Waals surface area contributed by atoms with Gasteiger partial charge in [0, 0.05) is 6.04 Å². The average molecular weight is 364 g/mol. The smallest absolute Gasteiger partial charge is 0.256 e. The minimum atomic E-state index is -1.11. The van der Waals surface area contributed by atoms with Gasteiger partial charge in [0.05, 0.1) is 27.4 Å². The normalized spacial score (nSPS) is 12.3. The molecule has 23 heavy (non-hydrogen) atoms. The van der Waals surface area contributed by atoms with E-state index in [1.165, 1.54) is 0 Å². The molecule has 0 fully saturated rings. The van der Waals surface area contributed by atoms with Gasteiger partial charge >= 0.3 is 0 Å². The number of nitrogens with zero attached hydrogens (tertiary/aromatic N) is 1. The van der Waals surface area contributed by atoms with Crippen molar-refractivity contribution in [3.63, 3.8) is 0 Å². The van der Waals surface area contributed by atoms with Crippen LogP contribution < -0.4 is 14.2 Å². The number of benzene rings is 1. The Morgan fingerprint density at radius 1 is 1.00 bits per heavy atom. The molecule has 1 aromatic rings. The summed E-state index contributed by atoms with van der Waals surface area (Å²) in [7, 11) is 4.63. The van der Waals surface area contributed by atoms with Gasteiger partial charge in [-0.15, -0.1) is 0 Å². The Morgan fingerprint density at radius 2 is 1.48 bits per heavy atom. The van der Waals surface area contributed by atoms with Gasteiger partial charge in [-0.25, -0.2) is 0 Å². The fraction of sp³-hybridized carbons (Fsp3) is 0.562. The summed E-state index contributed by atoms with van der Waals surface area (Å²) in [5.41, 5.74) is 0.829. The molecule has 0 bridgehead atoms. The molecule has 5 nitrogen and oxygen atoms in total. The van der Waals surface area contributed by atoms with Crippen LogP contribution in [-0.4, -0.2) is 43.0 Å². The number of carbonyl (C=O) groups is 1. The molecule has 7 heteroatoms. The SMILES string of the molecule is COc1cc(C(C)N(C(=O)C(Cl)Cl)C(C)C)cc(OC)c1OC. The number of amides is 1. The van der Waals surface area contributed by atoms with E-state index in [4.69, 9.17) is 37.4 Å². The highest BCUT2D eigenvalue weighted by molar-refractivity contribution is 6.53. The number of alkyl halides is 2. The van der Waals surface area contributed by atoms with Gasteiger partial charge < -0.3 is 19.1 Å². The molecule has 0 aliphatic carbocycles. The first-order chi connectivity index (χ1) is 10.8. The summed E-state index contributed by atoms with van der Waals surface area (Å²) in [6.45, 7) is 5.71. The molecule has 1 atom stereocenters. The topological polar surface area (TPSA) is 48.0 Å². The number of rotatable bonds is 7. The van der Waals surface area contributed by atoms with Crippen LogP contribution in [0.5, 0.6) is 17.2 Å². The van der Waals surface area contributed by atoms with Gasteiger partial charge in [0.1, 0.15) is 0 Å². The van der Waals surface area contributed by atoms with E-state index in [1.54, 1.807) is 26.2 Å². The minimum absolute atomic E-state index is 0.0726. The molecule has 0 N–H and O–H groups in total. The first kappa shape index (κ1) is 19.7. The lowest BCUT2D eigenvalue weighted by molar-refractivity contribution is -0.133. The summed E-state index contributed by atoms with van der Waals surface area (Å²) in [6, 6.07) is 3.28. The van der Waals surface area contributed by atoms with Gasteiger partial charge in [0.25, 0.3) is 5.91 Å². The van der Waals surface area contributed by atoms with E-state index in [0.717, 1.165) is 5.56 Å². The molecule has 0 spiro atoms. The van der Waals surface area contributed by atoms with Crippen molar-refractivity contribution in [1.82, 2.24) is 4.90 Å². The molecular formula is C16H23Cl2NO4.